The van der Waals surface area contributed by atoms with E-state index in [0.717, 1.165) is 16.9 Å². The van der Waals surface area contributed by atoms with Gasteiger partial charge in [0, 0.05) is 11.8 Å². The largest absolute Gasteiger partial charge is 0.506 e. The van der Waals surface area contributed by atoms with Crippen LogP contribution < -0.4 is 0 Å². The fourth-order valence-corrected chi connectivity index (χ4v) is 1.81. The Morgan fingerprint density at radius 2 is 1.81 bits per heavy atom. The van der Waals surface area contributed by atoms with Gasteiger partial charge in [-0.05, 0) is 12.1 Å². The van der Waals surface area contributed by atoms with Crippen LogP contribution in [0.15, 0.2) is 54.9 Å². The van der Waals surface area contributed by atoms with E-state index in [4.69, 9.17) is 0 Å². The summed E-state index contributed by atoms with van der Waals surface area (Å²) >= 11 is 0. The maximum absolute atomic E-state index is 9.67. The summed E-state index contributed by atoms with van der Waals surface area (Å²) in [5.74, 6) is 1.09. The summed E-state index contributed by atoms with van der Waals surface area (Å²) in [6.45, 7) is 0. The number of benzene rings is 1. The molecule has 1 aromatic carbocycles. The van der Waals surface area contributed by atoms with Crippen molar-refractivity contribution in [2.24, 2.45) is 0 Å². The molecule has 0 unspecified atom stereocenters. The highest BCUT2D eigenvalue weighted by atomic mass is 16.3. The van der Waals surface area contributed by atoms with Gasteiger partial charge in [-0.15, -0.1) is 0 Å². The summed E-state index contributed by atoms with van der Waals surface area (Å²) in [5, 5.41) is 9.67. The van der Waals surface area contributed by atoms with Crippen molar-refractivity contribution in [2.45, 2.75) is 0 Å². The highest BCUT2D eigenvalue weighted by molar-refractivity contribution is 5.66. The number of aromatic nitrogens is 2. The van der Waals surface area contributed by atoms with E-state index in [9.17, 15) is 5.11 Å². The molecule has 0 aliphatic carbocycles. The first-order chi connectivity index (χ1) is 7.86. The zero-order chi connectivity index (χ0) is 11.0. The molecule has 0 saturated heterocycles. The van der Waals surface area contributed by atoms with Gasteiger partial charge in [0.2, 0.25) is 0 Å². The Morgan fingerprint density at radius 1 is 1.00 bits per heavy atom. The number of hydrogen-bond donors (Lipinski definition) is 1. The monoisotopic (exact) mass is 210 g/mol. The van der Waals surface area contributed by atoms with E-state index in [2.05, 4.69) is 4.98 Å². The third kappa shape index (κ3) is 1.26. The van der Waals surface area contributed by atoms with E-state index in [1.807, 2.05) is 40.9 Å². The number of imidazole rings is 1. The lowest BCUT2D eigenvalue weighted by Crippen LogP contribution is -1.88. The molecule has 3 rings (SSSR count). The highest BCUT2D eigenvalue weighted by Crippen LogP contribution is 2.24. The second-order valence-electron chi connectivity index (χ2n) is 3.60. The molecule has 78 valence electrons. The van der Waals surface area contributed by atoms with Gasteiger partial charge in [-0.3, -0.25) is 4.40 Å². The Hall–Kier alpha value is -2.29. The van der Waals surface area contributed by atoms with Crippen molar-refractivity contribution in [1.29, 1.82) is 0 Å². The van der Waals surface area contributed by atoms with Gasteiger partial charge < -0.3 is 5.11 Å². The van der Waals surface area contributed by atoms with Gasteiger partial charge in [-0.25, -0.2) is 4.98 Å². The van der Waals surface area contributed by atoms with Crippen molar-refractivity contribution in [3.8, 4) is 17.1 Å². The van der Waals surface area contributed by atoms with Gasteiger partial charge >= 0.3 is 0 Å². The predicted octanol–water partition coefficient (Wildman–Crippen LogP) is 2.71. The molecule has 0 amide bonds. The first-order valence-corrected chi connectivity index (χ1v) is 5.07. The number of nitrogens with zero attached hydrogens (tertiary/aromatic N) is 2. The van der Waals surface area contributed by atoms with Gasteiger partial charge in [0.25, 0.3) is 0 Å². The number of pyridine rings is 1. The second-order valence-corrected chi connectivity index (χ2v) is 3.60. The van der Waals surface area contributed by atoms with E-state index in [0.29, 0.717) is 0 Å². The van der Waals surface area contributed by atoms with Crippen molar-refractivity contribution in [3.05, 3.63) is 54.9 Å². The molecule has 0 aliphatic rings. The molecule has 0 atom stereocenters. The zero-order valence-corrected chi connectivity index (χ0v) is 8.54. The molecule has 0 bridgehead atoms. The Morgan fingerprint density at radius 3 is 2.62 bits per heavy atom. The van der Waals surface area contributed by atoms with Crippen molar-refractivity contribution >= 4 is 5.52 Å². The minimum Gasteiger partial charge on any atom is -0.506 e. The SMILES string of the molecule is Oc1cccn2c(-c3ccccc3)ncc12. The molecule has 1 N–H and O–H groups in total. The average molecular weight is 210 g/mol. The molecule has 0 saturated carbocycles. The molecule has 0 radical (unpaired) electrons. The fraction of sp³-hybridized carbons (Fsp3) is 0. The van der Waals surface area contributed by atoms with Crippen LogP contribution in [0.1, 0.15) is 0 Å². The van der Waals surface area contributed by atoms with Crippen molar-refractivity contribution in [1.82, 2.24) is 9.38 Å². The molecule has 0 fully saturated rings. The molecule has 3 nitrogen and oxygen atoms in total. The Balaban J connectivity index is 2.30. The van der Waals surface area contributed by atoms with E-state index in [1.165, 1.54) is 0 Å². The standard InChI is InChI=1S/C13H10N2O/c16-12-7-4-8-15-11(12)9-14-13(15)10-5-2-1-3-6-10/h1-9,16H. The topological polar surface area (TPSA) is 37.5 Å². The van der Waals surface area contributed by atoms with Crippen molar-refractivity contribution in [3.63, 3.8) is 0 Å². The normalized spacial score (nSPS) is 10.8. The van der Waals surface area contributed by atoms with Crippen LogP contribution in [-0.4, -0.2) is 14.5 Å². The molecule has 3 aromatic rings. The minimum atomic E-state index is 0.247. The lowest BCUT2D eigenvalue weighted by Gasteiger charge is -2.01. The summed E-state index contributed by atoms with van der Waals surface area (Å²) in [5.41, 5.74) is 1.76. The smallest absolute Gasteiger partial charge is 0.144 e. The Labute approximate surface area is 92.6 Å². The number of aromatic hydroxyl groups is 1. The maximum atomic E-state index is 9.67. The first kappa shape index (κ1) is 8.97. The fourth-order valence-electron chi connectivity index (χ4n) is 1.81. The molecule has 2 heterocycles. The summed E-state index contributed by atoms with van der Waals surface area (Å²) in [7, 11) is 0. The number of rotatable bonds is 1. The molecule has 3 heteroatoms. The van der Waals surface area contributed by atoms with E-state index in [-0.39, 0.29) is 5.75 Å². The third-order valence-electron chi connectivity index (χ3n) is 2.58. The van der Waals surface area contributed by atoms with Gasteiger partial charge in [0.15, 0.2) is 0 Å². The Kier molecular flexibility index (Phi) is 1.90. The second kappa shape index (κ2) is 3.38. The van der Waals surface area contributed by atoms with Crippen LogP contribution in [0.2, 0.25) is 0 Å². The van der Waals surface area contributed by atoms with Gasteiger partial charge in [0.05, 0.1) is 6.20 Å². The first-order valence-electron chi connectivity index (χ1n) is 5.07. The van der Waals surface area contributed by atoms with Gasteiger partial charge in [0.1, 0.15) is 17.1 Å². The predicted molar refractivity (Wildman–Crippen MR) is 62.3 cm³/mol. The van der Waals surface area contributed by atoms with Crippen LogP contribution in [0.3, 0.4) is 0 Å². The quantitative estimate of drug-likeness (QED) is 0.670. The van der Waals surface area contributed by atoms with Gasteiger partial charge in [-0.2, -0.15) is 0 Å². The van der Waals surface area contributed by atoms with Crippen LogP contribution in [0.4, 0.5) is 0 Å². The Bertz CT molecular complexity index is 629. The summed E-state index contributed by atoms with van der Waals surface area (Å²) in [6, 6.07) is 13.4. The molecular weight excluding hydrogens is 200 g/mol. The highest BCUT2D eigenvalue weighted by Gasteiger charge is 2.07. The third-order valence-corrected chi connectivity index (χ3v) is 2.58. The summed E-state index contributed by atoms with van der Waals surface area (Å²) in [4.78, 5) is 4.33. The number of hydrogen-bond acceptors (Lipinski definition) is 2. The lowest BCUT2D eigenvalue weighted by molar-refractivity contribution is 0.479. The van der Waals surface area contributed by atoms with Crippen LogP contribution in [0.5, 0.6) is 5.75 Å². The van der Waals surface area contributed by atoms with E-state index >= 15 is 0 Å². The van der Waals surface area contributed by atoms with E-state index < -0.39 is 0 Å². The van der Waals surface area contributed by atoms with Gasteiger partial charge in [-0.1, -0.05) is 30.3 Å². The van der Waals surface area contributed by atoms with Crippen LogP contribution >= 0.6 is 0 Å². The minimum absolute atomic E-state index is 0.247. The molecule has 0 aliphatic heterocycles. The summed E-state index contributed by atoms with van der Waals surface area (Å²) in [6.07, 6.45) is 3.57. The number of fused-ring (bicyclic) bond motifs is 1. The lowest BCUT2D eigenvalue weighted by atomic mass is 10.2. The van der Waals surface area contributed by atoms with Crippen LogP contribution in [0.25, 0.3) is 16.9 Å². The molecule has 2 aromatic heterocycles. The average Bonchev–Trinajstić information content (AvgIpc) is 2.75. The van der Waals surface area contributed by atoms with Crippen LogP contribution in [0, 0.1) is 0 Å². The molecule has 0 spiro atoms. The maximum Gasteiger partial charge on any atom is 0.144 e. The van der Waals surface area contributed by atoms with Crippen molar-refractivity contribution in [2.75, 3.05) is 0 Å². The molecular formula is C13H10N2O. The molecule has 16 heavy (non-hydrogen) atoms. The zero-order valence-electron chi connectivity index (χ0n) is 8.54. The van der Waals surface area contributed by atoms with Crippen molar-refractivity contribution < 1.29 is 5.11 Å². The van der Waals surface area contributed by atoms with Crippen LogP contribution in [-0.2, 0) is 0 Å². The van der Waals surface area contributed by atoms with E-state index in [1.54, 1.807) is 18.3 Å². The summed E-state index contributed by atoms with van der Waals surface area (Å²) < 4.78 is 1.88.